The third-order valence-corrected chi connectivity index (χ3v) is 5.76. The van der Waals surface area contributed by atoms with Crippen molar-refractivity contribution in [3.05, 3.63) is 24.2 Å². The summed E-state index contributed by atoms with van der Waals surface area (Å²) in [5.74, 6) is 2.41. The van der Waals surface area contributed by atoms with Crippen molar-refractivity contribution in [2.45, 2.75) is 50.0 Å². The summed E-state index contributed by atoms with van der Waals surface area (Å²) in [7, 11) is 0. The van der Waals surface area contributed by atoms with Gasteiger partial charge in [-0.25, -0.2) is 9.97 Å². The number of pyridine rings is 1. The fraction of sp³-hybridized carbons (Fsp3) is 0.625. The van der Waals surface area contributed by atoms with Crippen LogP contribution in [0.3, 0.4) is 0 Å². The summed E-state index contributed by atoms with van der Waals surface area (Å²) in [6.45, 7) is 0.904. The summed E-state index contributed by atoms with van der Waals surface area (Å²) >= 11 is 2.03. The standard InChI is InChI=1S/C16H21N3OS/c1-2-9-20-12(5-1)11-14-18-13-6-3-8-17-16(13)19(14)15-7-4-10-21-15/h3,6,8,12,15H,1-2,4-5,7,9-11H2. The van der Waals surface area contributed by atoms with Gasteiger partial charge in [-0.15, -0.1) is 11.8 Å². The summed E-state index contributed by atoms with van der Waals surface area (Å²) in [6.07, 6.45) is 9.30. The number of thioether (sulfide) groups is 1. The first kappa shape index (κ1) is 13.6. The molecular weight excluding hydrogens is 282 g/mol. The Balaban J connectivity index is 1.70. The van der Waals surface area contributed by atoms with E-state index in [1.54, 1.807) is 0 Å². The maximum absolute atomic E-state index is 5.91. The molecule has 0 amide bonds. The molecule has 0 radical (unpaired) electrons. The highest BCUT2D eigenvalue weighted by Gasteiger charge is 2.26. The third kappa shape index (κ3) is 2.69. The number of nitrogens with zero attached hydrogens (tertiary/aromatic N) is 3. The Morgan fingerprint density at radius 1 is 1.29 bits per heavy atom. The van der Waals surface area contributed by atoms with Crippen LogP contribution in [0, 0.1) is 0 Å². The summed E-state index contributed by atoms with van der Waals surface area (Å²) in [5, 5.41) is 0.503. The highest BCUT2D eigenvalue weighted by molar-refractivity contribution is 7.99. The van der Waals surface area contributed by atoms with Gasteiger partial charge in [0.05, 0.1) is 11.5 Å². The van der Waals surface area contributed by atoms with Crippen molar-refractivity contribution in [3.8, 4) is 0 Å². The summed E-state index contributed by atoms with van der Waals surface area (Å²) < 4.78 is 8.29. The van der Waals surface area contributed by atoms with Crippen LogP contribution >= 0.6 is 11.8 Å². The van der Waals surface area contributed by atoms with Crippen molar-refractivity contribution >= 4 is 22.9 Å². The number of aromatic nitrogens is 3. The summed E-state index contributed by atoms with van der Waals surface area (Å²) in [6, 6.07) is 4.05. The first-order valence-electron chi connectivity index (χ1n) is 7.97. The van der Waals surface area contributed by atoms with Gasteiger partial charge in [0.25, 0.3) is 0 Å². The molecule has 2 unspecified atom stereocenters. The Bertz CT molecular complexity index is 615. The SMILES string of the molecule is c1cnc2c(c1)nc(CC1CCCCO1)n2C1CCCS1. The predicted octanol–water partition coefficient (Wildman–Crippen LogP) is 3.57. The summed E-state index contributed by atoms with van der Waals surface area (Å²) in [4.78, 5) is 9.44. The van der Waals surface area contributed by atoms with Crippen LogP contribution in [0.1, 0.15) is 43.3 Å². The van der Waals surface area contributed by atoms with Gasteiger partial charge in [0.1, 0.15) is 11.3 Å². The van der Waals surface area contributed by atoms with Crippen molar-refractivity contribution < 1.29 is 4.74 Å². The summed E-state index contributed by atoms with van der Waals surface area (Å²) in [5.41, 5.74) is 2.07. The molecule has 2 aromatic rings. The molecular formula is C16H21N3OS. The zero-order chi connectivity index (χ0) is 14.1. The van der Waals surface area contributed by atoms with E-state index >= 15 is 0 Å². The van der Waals surface area contributed by atoms with Gasteiger partial charge >= 0.3 is 0 Å². The normalized spacial score (nSPS) is 26.5. The average molecular weight is 303 g/mol. The number of fused-ring (bicyclic) bond motifs is 1. The van der Waals surface area contributed by atoms with E-state index in [0.29, 0.717) is 11.5 Å². The average Bonchev–Trinajstić information content (AvgIpc) is 3.14. The zero-order valence-corrected chi connectivity index (χ0v) is 13.0. The van der Waals surface area contributed by atoms with Gasteiger partial charge in [0, 0.05) is 19.2 Å². The van der Waals surface area contributed by atoms with Crippen LogP contribution in [0.25, 0.3) is 11.2 Å². The lowest BCUT2D eigenvalue weighted by Gasteiger charge is -2.23. The Labute approximate surface area is 129 Å². The Hall–Kier alpha value is -1.07. The molecule has 21 heavy (non-hydrogen) atoms. The molecule has 2 aromatic heterocycles. The van der Waals surface area contributed by atoms with Gasteiger partial charge in [0.15, 0.2) is 5.65 Å². The number of imidazole rings is 1. The van der Waals surface area contributed by atoms with Gasteiger partial charge in [0.2, 0.25) is 0 Å². The fourth-order valence-electron chi connectivity index (χ4n) is 3.36. The van der Waals surface area contributed by atoms with Crippen molar-refractivity contribution in [1.82, 2.24) is 14.5 Å². The first-order chi connectivity index (χ1) is 10.4. The molecule has 2 fully saturated rings. The zero-order valence-electron chi connectivity index (χ0n) is 12.2. The van der Waals surface area contributed by atoms with Gasteiger partial charge in [-0.05, 0) is 50.0 Å². The van der Waals surface area contributed by atoms with E-state index in [1.165, 1.54) is 31.4 Å². The largest absolute Gasteiger partial charge is 0.378 e. The minimum atomic E-state index is 0.334. The smallest absolute Gasteiger partial charge is 0.160 e. The molecule has 4 nitrogen and oxygen atoms in total. The topological polar surface area (TPSA) is 39.9 Å². The number of hydrogen-bond acceptors (Lipinski definition) is 4. The van der Waals surface area contributed by atoms with Gasteiger partial charge in [-0.2, -0.15) is 0 Å². The van der Waals surface area contributed by atoms with E-state index < -0.39 is 0 Å². The lowest BCUT2D eigenvalue weighted by atomic mass is 10.1. The fourth-order valence-corrected chi connectivity index (χ4v) is 4.67. The van der Waals surface area contributed by atoms with Crippen molar-refractivity contribution in [1.29, 1.82) is 0 Å². The highest BCUT2D eigenvalue weighted by Crippen LogP contribution is 2.38. The maximum atomic E-state index is 5.91. The van der Waals surface area contributed by atoms with E-state index in [9.17, 15) is 0 Å². The van der Waals surface area contributed by atoms with Crippen LogP contribution in [-0.2, 0) is 11.2 Å². The Morgan fingerprint density at radius 3 is 3.10 bits per heavy atom. The van der Waals surface area contributed by atoms with Gasteiger partial charge in [-0.1, -0.05) is 0 Å². The first-order valence-corrected chi connectivity index (χ1v) is 9.02. The molecule has 0 N–H and O–H groups in total. The second-order valence-corrected chi connectivity index (χ2v) is 7.19. The molecule has 2 aliphatic heterocycles. The minimum Gasteiger partial charge on any atom is -0.378 e. The molecule has 0 aromatic carbocycles. The van der Waals surface area contributed by atoms with E-state index in [1.807, 2.05) is 24.0 Å². The van der Waals surface area contributed by atoms with E-state index in [0.717, 1.165) is 36.4 Å². The van der Waals surface area contributed by atoms with Crippen LogP contribution in [-0.4, -0.2) is 33.0 Å². The number of hydrogen-bond donors (Lipinski definition) is 0. The van der Waals surface area contributed by atoms with Crippen molar-refractivity contribution in [3.63, 3.8) is 0 Å². The molecule has 0 spiro atoms. The van der Waals surface area contributed by atoms with Crippen LogP contribution in [0.15, 0.2) is 18.3 Å². The van der Waals surface area contributed by atoms with E-state index in [-0.39, 0.29) is 0 Å². The van der Waals surface area contributed by atoms with Gasteiger partial charge < -0.3 is 4.74 Å². The van der Waals surface area contributed by atoms with E-state index in [4.69, 9.17) is 9.72 Å². The molecule has 0 bridgehead atoms. The van der Waals surface area contributed by atoms with E-state index in [2.05, 4.69) is 15.6 Å². The van der Waals surface area contributed by atoms with Gasteiger partial charge in [-0.3, -0.25) is 4.57 Å². The van der Waals surface area contributed by atoms with Crippen LogP contribution < -0.4 is 0 Å². The molecule has 5 heteroatoms. The minimum absolute atomic E-state index is 0.334. The molecule has 4 heterocycles. The lowest BCUT2D eigenvalue weighted by Crippen LogP contribution is -2.23. The lowest BCUT2D eigenvalue weighted by molar-refractivity contribution is 0.0152. The van der Waals surface area contributed by atoms with Crippen LogP contribution in [0.5, 0.6) is 0 Å². The monoisotopic (exact) mass is 303 g/mol. The second-order valence-electron chi connectivity index (χ2n) is 5.90. The Kier molecular flexibility index (Phi) is 3.86. The Morgan fingerprint density at radius 2 is 2.29 bits per heavy atom. The maximum Gasteiger partial charge on any atom is 0.160 e. The number of rotatable bonds is 3. The molecule has 2 atom stereocenters. The molecule has 112 valence electrons. The molecule has 2 aliphatic rings. The molecule has 0 aliphatic carbocycles. The number of ether oxygens (including phenoxy) is 1. The molecule has 2 saturated heterocycles. The quantitative estimate of drug-likeness (QED) is 0.869. The molecule has 4 rings (SSSR count). The second kappa shape index (κ2) is 5.97. The van der Waals surface area contributed by atoms with Crippen LogP contribution in [0.2, 0.25) is 0 Å². The molecule has 0 saturated carbocycles. The van der Waals surface area contributed by atoms with Crippen LogP contribution in [0.4, 0.5) is 0 Å². The third-order valence-electron chi connectivity index (χ3n) is 4.40. The van der Waals surface area contributed by atoms with Crippen molar-refractivity contribution in [2.24, 2.45) is 0 Å². The predicted molar refractivity (Wildman–Crippen MR) is 85.6 cm³/mol. The highest BCUT2D eigenvalue weighted by atomic mass is 32.2. The van der Waals surface area contributed by atoms with Crippen molar-refractivity contribution in [2.75, 3.05) is 12.4 Å².